The van der Waals surface area contributed by atoms with E-state index in [1.165, 1.54) is 0 Å². The van der Waals surface area contributed by atoms with Crippen LogP contribution >= 0.6 is 15.9 Å². The first-order valence-corrected chi connectivity index (χ1v) is 11.2. The monoisotopic (exact) mass is 433 g/mol. The summed E-state index contributed by atoms with van der Waals surface area (Å²) in [5.41, 5.74) is 0.647. The highest BCUT2D eigenvalue weighted by Gasteiger charge is 2.47. The van der Waals surface area contributed by atoms with Gasteiger partial charge in [-0.2, -0.15) is 0 Å². The molecule has 1 amide bonds. The molecule has 0 spiro atoms. The highest BCUT2D eigenvalue weighted by Crippen LogP contribution is 2.41. The Balaban J connectivity index is 1.59. The zero-order chi connectivity index (χ0) is 18.3. The van der Waals surface area contributed by atoms with Crippen LogP contribution in [0.1, 0.15) is 36.0 Å². The Bertz CT molecular complexity index is 915. The van der Waals surface area contributed by atoms with E-state index in [1.807, 2.05) is 35.2 Å². The summed E-state index contributed by atoms with van der Waals surface area (Å²) in [5.74, 6) is 0.000495. The fourth-order valence-corrected chi connectivity index (χ4v) is 6.62. The van der Waals surface area contributed by atoms with Gasteiger partial charge in [-0.25, -0.2) is 8.42 Å². The molecule has 0 N–H and O–H groups in total. The summed E-state index contributed by atoms with van der Waals surface area (Å²) in [7, 11) is -3.36. The lowest BCUT2D eigenvalue weighted by Gasteiger charge is -2.39. The number of halogens is 1. The molecule has 2 aromatic carbocycles. The van der Waals surface area contributed by atoms with Crippen molar-refractivity contribution in [3.8, 4) is 0 Å². The highest BCUT2D eigenvalue weighted by molar-refractivity contribution is 9.10. The van der Waals surface area contributed by atoms with Gasteiger partial charge in [0.05, 0.1) is 15.7 Å². The van der Waals surface area contributed by atoms with Crippen molar-refractivity contribution in [3.05, 3.63) is 64.6 Å². The van der Waals surface area contributed by atoms with Crippen LogP contribution in [0, 0.1) is 0 Å². The zero-order valence-corrected chi connectivity index (χ0v) is 16.6. The summed E-state index contributed by atoms with van der Waals surface area (Å²) in [4.78, 5) is 15.4. The quantitative estimate of drug-likeness (QED) is 0.732. The van der Waals surface area contributed by atoms with Crippen LogP contribution in [0.4, 0.5) is 0 Å². The maximum Gasteiger partial charge on any atom is 0.255 e. The SMILES string of the molecule is O=C(c1ccccc1Br)N1C2CCC1CC(S(=O)(=O)c1ccccc1)C2. The van der Waals surface area contributed by atoms with Gasteiger partial charge in [-0.15, -0.1) is 0 Å². The van der Waals surface area contributed by atoms with E-state index < -0.39 is 15.1 Å². The molecule has 2 heterocycles. The molecule has 136 valence electrons. The fraction of sp³-hybridized carbons (Fsp3) is 0.350. The number of carbonyl (C=O) groups is 1. The molecule has 2 aromatic rings. The Morgan fingerprint density at radius 3 is 2.12 bits per heavy atom. The Kier molecular flexibility index (Phi) is 4.65. The number of nitrogens with zero attached hydrogens (tertiary/aromatic N) is 1. The third-order valence-corrected chi connectivity index (χ3v) is 8.42. The summed E-state index contributed by atoms with van der Waals surface area (Å²) in [6, 6.07) is 16.1. The molecule has 4 rings (SSSR count). The molecule has 0 aromatic heterocycles. The molecule has 2 aliphatic rings. The first kappa shape index (κ1) is 17.7. The number of hydrogen-bond donors (Lipinski definition) is 0. The van der Waals surface area contributed by atoms with Gasteiger partial charge in [0.2, 0.25) is 0 Å². The van der Waals surface area contributed by atoms with E-state index in [2.05, 4.69) is 15.9 Å². The summed E-state index contributed by atoms with van der Waals surface area (Å²) in [5, 5.41) is -0.411. The predicted octanol–water partition coefficient (Wildman–Crippen LogP) is 4.06. The number of hydrogen-bond acceptors (Lipinski definition) is 3. The van der Waals surface area contributed by atoms with E-state index in [0.717, 1.165) is 17.3 Å². The molecular weight excluding hydrogens is 414 g/mol. The van der Waals surface area contributed by atoms with Crippen molar-refractivity contribution < 1.29 is 13.2 Å². The number of sulfone groups is 1. The molecule has 0 saturated carbocycles. The topological polar surface area (TPSA) is 54.5 Å². The average molecular weight is 434 g/mol. The number of benzene rings is 2. The number of amides is 1. The van der Waals surface area contributed by atoms with E-state index in [-0.39, 0.29) is 18.0 Å². The molecule has 2 saturated heterocycles. The molecule has 0 aliphatic carbocycles. The van der Waals surface area contributed by atoms with E-state index in [9.17, 15) is 13.2 Å². The molecule has 6 heteroatoms. The number of carbonyl (C=O) groups excluding carboxylic acids is 1. The van der Waals surface area contributed by atoms with Crippen LogP contribution in [0.2, 0.25) is 0 Å². The lowest BCUT2D eigenvalue weighted by molar-refractivity contribution is 0.0597. The van der Waals surface area contributed by atoms with Gasteiger partial charge in [-0.3, -0.25) is 4.79 Å². The third kappa shape index (κ3) is 2.99. The van der Waals surface area contributed by atoms with Crippen LogP contribution in [0.25, 0.3) is 0 Å². The first-order chi connectivity index (χ1) is 12.5. The molecule has 2 unspecified atom stereocenters. The zero-order valence-electron chi connectivity index (χ0n) is 14.2. The van der Waals surface area contributed by atoms with Gasteiger partial charge in [-0.1, -0.05) is 30.3 Å². The van der Waals surface area contributed by atoms with Crippen LogP contribution in [-0.2, 0) is 9.84 Å². The van der Waals surface area contributed by atoms with Crippen molar-refractivity contribution in [2.24, 2.45) is 0 Å². The Labute approximate surface area is 162 Å². The van der Waals surface area contributed by atoms with Crippen molar-refractivity contribution in [1.82, 2.24) is 4.90 Å². The maximum atomic E-state index is 13.1. The minimum Gasteiger partial charge on any atom is -0.333 e. The normalized spacial score (nSPS) is 25.3. The molecule has 4 nitrogen and oxygen atoms in total. The minimum atomic E-state index is -3.36. The second-order valence-corrected chi connectivity index (χ2v) is 10.1. The second-order valence-electron chi connectivity index (χ2n) is 7.03. The van der Waals surface area contributed by atoms with Crippen LogP contribution in [0.15, 0.2) is 64.0 Å². The molecule has 2 atom stereocenters. The van der Waals surface area contributed by atoms with Crippen molar-refractivity contribution >= 4 is 31.7 Å². The van der Waals surface area contributed by atoms with Gasteiger partial charge in [0.15, 0.2) is 9.84 Å². The maximum absolute atomic E-state index is 13.1. The largest absolute Gasteiger partial charge is 0.333 e. The summed E-state index contributed by atoms with van der Waals surface area (Å²) in [6.45, 7) is 0. The number of rotatable bonds is 3. The van der Waals surface area contributed by atoms with Crippen LogP contribution in [-0.4, -0.2) is 36.6 Å². The third-order valence-electron chi connectivity index (χ3n) is 5.54. The lowest BCUT2D eigenvalue weighted by atomic mass is 10.0. The van der Waals surface area contributed by atoms with Crippen molar-refractivity contribution in [2.45, 2.75) is 47.9 Å². The smallest absolute Gasteiger partial charge is 0.255 e. The van der Waals surface area contributed by atoms with Crippen LogP contribution < -0.4 is 0 Å². The van der Waals surface area contributed by atoms with Crippen molar-refractivity contribution in [3.63, 3.8) is 0 Å². The molecular formula is C20H20BrNO3S. The molecule has 0 radical (unpaired) electrons. The van der Waals surface area contributed by atoms with Crippen LogP contribution in [0.5, 0.6) is 0 Å². The molecule has 26 heavy (non-hydrogen) atoms. The van der Waals surface area contributed by atoms with Crippen molar-refractivity contribution in [2.75, 3.05) is 0 Å². The summed E-state index contributed by atoms with van der Waals surface area (Å²) < 4.78 is 26.8. The standard InChI is InChI=1S/C20H20BrNO3S/c21-19-9-5-4-8-18(19)20(23)22-14-10-11-15(22)13-17(12-14)26(24,25)16-6-2-1-3-7-16/h1-9,14-15,17H,10-13H2. The minimum absolute atomic E-state index is 0.000495. The number of piperidine rings is 1. The first-order valence-electron chi connectivity index (χ1n) is 8.84. The van der Waals surface area contributed by atoms with Crippen LogP contribution in [0.3, 0.4) is 0 Å². The van der Waals surface area contributed by atoms with E-state index >= 15 is 0 Å². The second kappa shape index (κ2) is 6.82. The van der Waals surface area contributed by atoms with Gasteiger partial charge < -0.3 is 4.90 Å². The van der Waals surface area contributed by atoms with Gasteiger partial charge in [0, 0.05) is 16.6 Å². The van der Waals surface area contributed by atoms with Crippen molar-refractivity contribution in [1.29, 1.82) is 0 Å². The molecule has 2 fully saturated rings. The summed E-state index contributed by atoms with van der Waals surface area (Å²) >= 11 is 3.45. The lowest BCUT2D eigenvalue weighted by Crippen LogP contribution is -2.49. The van der Waals surface area contributed by atoms with Gasteiger partial charge in [0.1, 0.15) is 0 Å². The van der Waals surface area contributed by atoms with E-state index in [0.29, 0.717) is 23.3 Å². The number of fused-ring (bicyclic) bond motifs is 2. The van der Waals surface area contributed by atoms with E-state index in [4.69, 9.17) is 0 Å². The molecule has 2 bridgehead atoms. The van der Waals surface area contributed by atoms with Gasteiger partial charge >= 0.3 is 0 Å². The predicted molar refractivity (Wildman–Crippen MR) is 104 cm³/mol. The van der Waals surface area contributed by atoms with Gasteiger partial charge in [-0.05, 0) is 65.9 Å². The van der Waals surface area contributed by atoms with E-state index in [1.54, 1.807) is 24.3 Å². The summed E-state index contributed by atoms with van der Waals surface area (Å²) in [6.07, 6.45) is 2.79. The Morgan fingerprint density at radius 2 is 1.50 bits per heavy atom. The fourth-order valence-electron chi connectivity index (χ4n) is 4.29. The van der Waals surface area contributed by atoms with Gasteiger partial charge in [0.25, 0.3) is 5.91 Å². The Morgan fingerprint density at radius 1 is 0.923 bits per heavy atom. The highest BCUT2D eigenvalue weighted by atomic mass is 79.9. The molecule has 2 aliphatic heterocycles. The average Bonchev–Trinajstić information content (AvgIpc) is 2.91. The Hall–Kier alpha value is -1.66.